The van der Waals surface area contributed by atoms with Crippen LogP contribution in [0.3, 0.4) is 0 Å². The first-order chi connectivity index (χ1) is 11.2. The average molecular weight is 330 g/mol. The first-order valence-electron chi connectivity index (χ1n) is 7.75. The molecule has 0 radical (unpaired) electrons. The Labute approximate surface area is 140 Å². The normalized spacial score (nSPS) is 12.0. The molecule has 0 spiro atoms. The van der Waals surface area contributed by atoms with E-state index in [0.29, 0.717) is 17.5 Å². The van der Waals surface area contributed by atoms with Crippen molar-refractivity contribution in [2.24, 2.45) is 7.05 Å². The Bertz CT molecular complexity index is 795. The predicted octanol–water partition coefficient (Wildman–Crippen LogP) is 2.61. The van der Waals surface area contributed by atoms with E-state index in [2.05, 4.69) is 10.4 Å². The molecular formula is C17H22N4O3. The summed E-state index contributed by atoms with van der Waals surface area (Å²) in [6.07, 6.45) is 0.658. The number of aromatic nitrogens is 2. The molecule has 0 fully saturated rings. The van der Waals surface area contributed by atoms with E-state index < -0.39 is 4.92 Å². The molecule has 0 saturated heterocycles. The Morgan fingerprint density at radius 2 is 2.00 bits per heavy atom. The third kappa shape index (κ3) is 3.79. The second kappa shape index (κ2) is 6.82. The maximum absolute atomic E-state index is 12.4. The van der Waals surface area contributed by atoms with Crippen LogP contribution in [0, 0.1) is 30.9 Å². The molecule has 0 aliphatic heterocycles. The Morgan fingerprint density at radius 3 is 2.54 bits per heavy atom. The van der Waals surface area contributed by atoms with Crippen molar-refractivity contribution < 1.29 is 9.72 Å². The Kier molecular flexibility index (Phi) is 5.02. The standard InChI is InChI=1S/C17H22N4O3/c1-10-6-14(9-15(7-10)21(23)24)17(22)18-11(2)8-16-12(3)19-20(5)13(16)4/h6-7,9,11H,8H2,1-5H3,(H,18,22)/t11-/m1/s1. The number of benzene rings is 1. The van der Waals surface area contributed by atoms with Crippen LogP contribution in [-0.4, -0.2) is 26.7 Å². The minimum atomic E-state index is -0.491. The Balaban J connectivity index is 2.13. The first-order valence-corrected chi connectivity index (χ1v) is 7.75. The third-order valence-corrected chi connectivity index (χ3v) is 4.08. The monoisotopic (exact) mass is 330 g/mol. The van der Waals surface area contributed by atoms with Crippen LogP contribution in [-0.2, 0) is 13.5 Å². The highest BCUT2D eigenvalue weighted by Gasteiger charge is 2.17. The van der Waals surface area contributed by atoms with Crippen molar-refractivity contribution in [2.75, 3.05) is 0 Å². The molecule has 0 bridgehead atoms. The Hall–Kier alpha value is -2.70. The maximum atomic E-state index is 12.4. The maximum Gasteiger partial charge on any atom is 0.270 e. The highest BCUT2D eigenvalue weighted by Crippen LogP contribution is 2.18. The number of nitro benzene ring substituents is 1. The average Bonchev–Trinajstić information content (AvgIpc) is 2.73. The molecule has 1 aromatic heterocycles. The number of amides is 1. The second-order valence-electron chi connectivity index (χ2n) is 6.17. The van der Waals surface area contributed by atoms with Crippen LogP contribution in [0.4, 0.5) is 5.69 Å². The first kappa shape index (κ1) is 17.7. The largest absolute Gasteiger partial charge is 0.349 e. The summed E-state index contributed by atoms with van der Waals surface area (Å²) in [4.78, 5) is 22.8. The quantitative estimate of drug-likeness (QED) is 0.674. The molecule has 1 N–H and O–H groups in total. The van der Waals surface area contributed by atoms with Gasteiger partial charge in [-0.1, -0.05) is 0 Å². The van der Waals surface area contributed by atoms with Gasteiger partial charge in [-0.3, -0.25) is 19.6 Å². The third-order valence-electron chi connectivity index (χ3n) is 4.08. The van der Waals surface area contributed by atoms with Gasteiger partial charge >= 0.3 is 0 Å². The molecule has 1 heterocycles. The van der Waals surface area contributed by atoms with Crippen LogP contribution in [0.25, 0.3) is 0 Å². The number of hydrogen-bond donors (Lipinski definition) is 1. The van der Waals surface area contributed by atoms with Crippen LogP contribution >= 0.6 is 0 Å². The van der Waals surface area contributed by atoms with E-state index in [0.717, 1.165) is 17.0 Å². The number of nitrogens with zero attached hydrogens (tertiary/aromatic N) is 3. The number of nitro groups is 1. The Morgan fingerprint density at radius 1 is 1.33 bits per heavy atom. The van der Waals surface area contributed by atoms with Crippen molar-refractivity contribution in [3.8, 4) is 0 Å². The van der Waals surface area contributed by atoms with Gasteiger partial charge in [-0.2, -0.15) is 5.10 Å². The summed E-state index contributed by atoms with van der Waals surface area (Å²) in [6, 6.07) is 4.28. The van der Waals surface area contributed by atoms with Crippen molar-refractivity contribution in [1.29, 1.82) is 0 Å². The molecule has 2 rings (SSSR count). The van der Waals surface area contributed by atoms with Gasteiger partial charge in [0.15, 0.2) is 0 Å². The number of carbonyl (C=O) groups is 1. The van der Waals surface area contributed by atoms with Gasteiger partial charge in [0.2, 0.25) is 0 Å². The lowest BCUT2D eigenvalue weighted by Gasteiger charge is -2.14. The van der Waals surface area contributed by atoms with Crippen molar-refractivity contribution in [3.63, 3.8) is 0 Å². The van der Waals surface area contributed by atoms with Crippen molar-refractivity contribution >= 4 is 11.6 Å². The lowest BCUT2D eigenvalue weighted by molar-refractivity contribution is -0.384. The lowest BCUT2D eigenvalue weighted by Crippen LogP contribution is -2.34. The van der Waals surface area contributed by atoms with Crippen LogP contribution in [0.5, 0.6) is 0 Å². The summed E-state index contributed by atoms with van der Waals surface area (Å²) in [7, 11) is 1.89. The van der Waals surface area contributed by atoms with Gasteiger partial charge in [-0.25, -0.2) is 0 Å². The topological polar surface area (TPSA) is 90.1 Å². The number of hydrogen-bond acceptors (Lipinski definition) is 4. The van der Waals surface area contributed by atoms with Gasteiger partial charge in [0.25, 0.3) is 11.6 Å². The molecule has 0 unspecified atom stereocenters. The molecule has 7 nitrogen and oxygen atoms in total. The van der Waals surface area contributed by atoms with Crippen LogP contribution in [0.15, 0.2) is 18.2 Å². The summed E-state index contributed by atoms with van der Waals surface area (Å²) < 4.78 is 1.82. The van der Waals surface area contributed by atoms with E-state index in [-0.39, 0.29) is 17.6 Å². The van der Waals surface area contributed by atoms with E-state index in [4.69, 9.17) is 0 Å². The molecule has 1 amide bonds. The molecular weight excluding hydrogens is 308 g/mol. The van der Waals surface area contributed by atoms with Gasteiger partial charge in [0.05, 0.1) is 10.6 Å². The minimum Gasteiger partial charge on any atom is -0.349 e. The fourth-order valence-electron chi connectivity index (χ4n) is 2.78. The molecule has 1 aromatic carbocycles. The van der Waals surface area contributed by atoms with E-state index >= 15 is 0 Å². The smallest absolute Gasteiger partial charge is 0.270 e. The molecule has 0 aliphatic carbocycles. The van der Waals surface area contributed by atoms with Crippen molar-refractivity contribution in [3.05, 3.63) is 56.4 Å². The molecule has 24 heavy (non-hydrogen) atoms. The predicted molar refractivity (Wildman–Crippen MR) is 91.1 cm³/mol. The summed E-state index contributed by atoms with van der Waals surface area (Å²) in [5.74, 6) is -0.312. The number of nitrogens with one attached hydrogen (secondary N) is 1. The van der Waals surface area contributed by atoms with E-state index in [9.17, 15) is 14.9 Å². The summed E-state index contributed by atoms with van der Waals surface area (Å²) in [5.41, 5.74) is 4.03. The van der Waals surface area contributed by atoms with E-state index in [1.165, 1.54) is 12.1 Å². The fraction of sp³-hybridized carbons (Fsp3) is 0.412. The zero-order chi connectivity index (χ0) is 18.0. The van der Waals surface area contributed by atoms with Crippen molar-refractivity contribution in [1.82, 2.24) is 15.1 Å². The summed E-state index contributed by atoms with van der Waals surface area (Å²) in [6.45, 7) is 7.58. The molecule has 7 heteroatoms. The minimum absolute atomic E-state index is 0.0771. The highest BCUT2D eigenvalue weighted by molar-refractivity contribution is 5.95. The van der Waals surface area contributed by atoms with Crippen LogP contribution in [0.1, 0.15) is 39.8 Å². The van der Waals surface area contributed by atoms with Gasteiger partial charge in [0, 0.05) is 36.5 Å². The van der Waals surface area contributed by atoms with Crippen LogP contribution < -0.4 is 5.32 Å². The van der Waals surface area contributed by atoms with E-state index in [1.807, 2.05) is 32.5 Å². The zero-order valence-corrected chi connectivity index (χ0v) is 14.6. The van der Waals surface area contributed by atoms with Gasteiger partial charge in [-0.05, 0) is 51.3 Å². The van der Waals surface area contributed by atoms with Crippen molar-refractivity contribution in [2.45, 2.75) is 40.2 Å². The molecule has 128 valence electrons. The second-order valence-corrected chi connectivity index (χ2v) is 6.17. The van der Waals surface area contributed by atoms with Gasteiger partial charge < -0.3 is 5.32 Å². The van der Waals surface area contributed by atoms with Gasteiger partial charge in [0.1, 0.15) is 0 Å². The lowest BCUT2D eigenvalue weighted by atomic mass is 10.0. The van der Waals surface area contributed by atoms with Crippen LogP contribution in [0.2, 0.25) is 0 Å². The fourth-order valence-corrected chi connectivity index (χ4v) is 2.78. The highest BCUT2D eigenvalue weighted by atomic mass is 16.6. The molecule has 0 aliphatic rings. The number of aryl methyl sites for hydroxylation is 3. The zero-order valence-electron chi connectivity index (χ0n) is 14.6. The van der Waals surface area contributed by atoms with Gasteiger partial charge in [-0.15, -0.1) is 0 Å². The SMILES string of the molecule is Cc1cc(C(=O)N[C@H](C)Cc2c(C)nn(C)c2C)cc([N+](=O)[O-])c1. The molecule has 1 atom stereocenters. The summed E-state index contributed by atoms with van der Waals surface area (Å²) >= 11 is 0. The molecule has 0 saturated carbocycles. The number of rotatable bonds is 5. The van der Waals surface area contributed by atoms with E-state index in [1.54, 1.807) is 13.0 Å². The molecule has 2 aromatic rings. The summed E-state index contributed by atoms with van der Waals surface area (Å²) in [5, 5.41) is 18.2. The number of carbonyl (C=O) groups excluding carboxylic acids is 1. The number of non-ortho nitro benzene ring substituents is 1.